The van der Waals surface area contributed by atoms with Gasteiger partial charge in [-0.2, -0.15) is 5.10 Å². The molecule has 1 aliphatic heterocycles. The molecule has 3 rings (SSSR count). The Labute approximate surface area is 148 Å². The van der Waals surface area contributed by atoms with Gasteiger partial charge in [0.2, 0.25) is 0 Å². The van der Waals surface area contributed by atoms with Crippen LogP contribution in [0.2, 0.25) is 0 Å². The lowest BCUT2D eigenvalue weighted by Crippen LogP contribution is -2.51. The van der Waals surface area contributed by atoms with E-state index in [0.29, 0.717) is 19.6 Å². The lowest BCUT2D eigenvalue weighted by Gasteiger charge is -2.35. The van der Waals surface area contributed by atoms with E-state index in [1.165, 1.54) is 0 Å². The Morgan fingerprint density at radius 2 is 1.84 bits per heavy atom. The molecule has 0 saturated carbocycles. The molecule has 0 spiro atoms. The Morgan fingerprint density at radius 1 is 1.20 bits per heavy atom. The molecule has 25 heavy (non-hydrogen) atoms. The molecule has 0 bridgehead atoms. The second-order valence-corrected chi connectivity index (χ2v) is 6.72. The minimum atomic E-state index is -0.0479. The van der Waals surface area contributed by atoms with Crippen LogP contribution < -0.4 is 5.32 Å². The first-order chi connectivity index (χ1) is 12.0. The Kier molecular flexibility index (Phi) is 5.08. The fourth-order valence-corrected chi connectivity index (χ4v) is 3.37. The Bertz CT molecular complexity index is 731. The first-order valence-electron chi connectivity index (χ1n) is 8.74. The van der Waals surface area contributed by atoms with Gasteiger partial charge in [-0.3, -0.25) is 0 Å². The minimum Gasteiger partial charge on any atom is -0.372 e. The lowest BCUT2D eigenvalue weighted by molar-refractivity contribution is -0.0545. The number of para-hydroxylation sites is 1. The number of hydrogen-bond donors (Lipinski definition) is 1. The fraction of sp³-hybridized carbons (Fsp3) is 0.474. The van der Waals surface area contributed by atoms with Gasteiger partial charge in [-0.1, -0.05) is 18.2 Å². The van der Waals surface area contributed by atoms with Gasteiger partial charge in [0.25, 0.3) is 0 Å². The third-order valence-electron chi connectivity index (χ3n) is 4.57. The first kappa shape index (κ1) is 17.5. The molecule has 2 amide bonds. The number of ether oxygens (including phenoxy) is 1. The Balaban J connectivity index is 1.69. The molecule has 134 valence electrons. The van der Waals surface area contributed by atoms with Crippen molar-refractivity contribution in [2.24, 2.45) is 0 Å². The maximum absolute atomic E-state index is 12.5. The molecule has 1 fully saturated rings. The van der Waals surface area contributed by atoms with E-state index in [4.69, 9.17) is 4.74 Å². The van der Waals surface area contributed by atoms with Crippen molar-refractivity contribution >= 4 is 6.03 Å². The number of aryl methyl sites for hydroxylation is 1. The Morgan fingerprint density at radius 3 is 2.48 bits per heavy atom. The third kappa shape index (κ3) is 3.85. The van der Waals surface area contributed by atoms with E-state index in [0.717, 1.165) is 22.6 Å². The van der Waals surface area contributed by atoms with Crippen molar-refractivity contribution in [1.82, 2.24) is 20.0 Å². The van der Waals surface area contributed by atoms with Crippen molar-refractivity contribution < 1.29 is 9.53 Å². The molecule has 1 aromatic heterocycles. The van der Waals surface area contributed by atoms with Crippen LogP contribution in [0.3, 0.4) is 0 Å². The SMILES string of the molecule is Cc1nn(-c2ccccc2)c(C)c1CNC(=O)N1CC(C)OC(C)C1. The van der Waals surface area contributed by atoms with Gasteiger partial charge in [-0.15, -0.1) is 0 Å². The van der Waals surface area contributed by atoms with Crippen molar-refractivity contribution in [3.8, 4) is 5.69 Å². The van der Waals surface area contributed by atoms with Crippen LogP contribution in [-0.4, -0.2) is 46.0 Å². The van der Waals surface area contributed by atoms with Crippen molar-refractivity contribution in [1.29, 1.82) is 0 Å². The highest BCUT2D eigenvalue weighted by Gasteiger charge is 2.26. The van der Waals surface area contributed by atoms with E-state index < -0.39 is 0 Å². The molecular formula is C19H26N4O2. The zero-order chi connectivity index (χ0) is 18.0. The number of benzene rings is 1. The zero-order valence-electron chi connectivity index (χ0n) is 15.3. The van der Waals surface area contributed by atoms with Crippen LogP contribution in [-0.2, 0) is 11.3 Å². The molecule has 2 atom stereocenters. The standard InChI is InChI=1S/C19H26N4O2/c1-13-11-22(12-14(2)25-13)19(24)20-10-18-15(3)21-23(16(18)4)17-8-6-5-7-9-17/h5-9,13-14H,10-12H2,1-4H3,(H,20,24). The summed E-state index contributed by atoms with van der Waals surface area (Å²) in [6.07, 6.45) is 0.137. The second-order valence-electron chi connectivity index (χ2n) is 6.72. The summed E-state index contributed by atoms with van der Waals surface area (Å²) in [6.45, 7) is 9.72. The minimum absolute atomic E-state index is 0.0479. The predicted octanol–water partition coefficient (Wildman–Crippen LogP) is 2.81. The molecule has 1 saturated heterocycles. The van der Waals surface area contributed by atoms with Crippen LogP contribution in [0.15, 0.2) is 30.3 Å². The van der Waals surface area contributed by atoms with Crippen molar-refractivity contribution in [2.45, 2.75) is 46.4 Å². The van der Waals surface area contributed by atoms with E-state index in [2.05, 4.69) is 10.4 Å². The van der Waals surface area contributed by atoms with Crippen molar-refractivity contribution in [3.63, 3.8) is 0 Å². The van der Waals surface area contributed by atoms with Crippen LogP contribution in [0, 0.1) is 13.8 Å². The number of rotatable bonds is 3. The van der Waals surface area contributed by atoms with Crippen LogP contribution >= 0.6 is 0 Å². The summed E-state index contributed by atoms with van der Waals surface area (Å²) in [5, 5.41) is 7.66. The maximum Gasteiger partial charge on any atom is 0.317 e. The monoisotopic (exact) mass is 342 g/mol. The summed E-state index contributed by atoms with van der Waals surface area (Å²) in [4.78, 5) is 14.3. The van der Waals surface area contributed by atoms with E-state index in [1.54, 1.807) is 0 Å². The zero-order valence-corrected chi connectivity index (χ0v) is 15.3. The van der Waals surface area contributed by atoms with Crippen LogP contribution in [0.5, 0.6) is 0 Å². The van der Waals surface area contributed by atoms with Gasteiger partial charge in [0.15, 0.2) is 0 Å². The van der Waals surface area contributed by atoms with E-state index in [1.807, 2.05) is 67.6 Å². The summed E-state index contributed by atoms with van der Waals surface area (Å²) in [6, 6.07) is 9.98. The molecule has 2 heterocycles. The number of hydrogen-bond acceptors (Lipinski definition) is 3. The van der Waals surface area contributed by atoms with Crippen molar-refractivity contribution in [3.05, 3.63) is 47.3 Å². The molecule has 1 aliphatic rings. The first-order valence-corrected chi connectivity index (χ1v) is 8.74. The van der Waals surface area contributed by atoms with Gasteiger partial charge in [0.1, 0.15) is 0 Å². The van der Waals surface area contributed by atoms with Gasteiger partial charge in [0, 0.05) is 30.9 Å². The fourth-order valence-electron chi connectivity index (χ4n) is 3.37. The highest BCUT2D eigenvalue weighted by molar-refractivity contribution is 5.74. The maximum atomic E-state index is 12.5. The number of nitrogens with one attached hydrogen (secondary N) is 1. The normalized spacial score (nSPS) is 20.6. The van der Waals surface area contributed by atoms with Crippen LogP contribution in [0.4, 0.5) is 4.79 Å². The molecule has 6 heteroatoms. The average Bonchev–Trinajstić information content (AvgIpc) is 2.87. The van der Waals surface area contributed by atoms with E-state index in [9.17, 15) is 4.79 Å². The van der Waals surface area contributed by atoms with Gasteiger partial charge < -0.3 is 15.0 Å². The molecule has 1 N–H and O–H groups in total. The Hall–Kier alpha value is -2.34. The summed E-state index contributed by atoms with van der Waals surface area (Å²) >= 11 is 0. The number of nitrogens with zero attached hydrogens (tertiary/aromatic N) is 3. The molecular weight excluding hydrogens is 316 g/mol. The van der Waals surface area contributed by atoms with Gasteiger partial charge in [-0.05, 0) is 39.8 Å². The predicted molar refractivity (Wildman–Crippen MR) is 96.9 cm³/mol. The van der Waals surface area contributed by atoms with E-state index in [-0.39, 0.29) is 18.2 Å². The summed E-state index contributed by atoms with van der Waals surface area (Å²) in [7, 11) is 0. The number of morpholine rings is 1. The number of urea groups is 1. The van der Waals surface area contributed by atoms with Gasteiger partial charge in [0.05, 0.1) is 23.6 Å². The number of carbonyl (C=O) groups is 1. The van der Waals surface area contributed by atoms with Gasteiger partial charge in [-0.25, -0.2) is 9.48 Å². The quantitative estimate of drug-likeness (QED) is 0.933. The number of amides is 2. The van der Waals surface area contributed by atoms with Crippen LogP contribution in [0.25, 0.3) is 5.69 Å². The second kappa shape index (κ2) is 7.27. The molecule has 1 aromatic carbocycles. The summed E-state index contributed by atoms with van der Waals surface area (Å²) in [5.41, 5.74) is 4.07. The summed E-state index contributed by atoms with van der Waals surface area (Å²) < 4.78 is 7.61. The molecule has 0 aliphatic carbocycles. The summed E-state index contributed by atoms with van der Waals surface area (Å²) in [5.74, 6) is 0. The molecule has 0 radical (unpaired) electrons. The van der Waals surface area contributed by atoms with Gasteiger partial charge >= 0.3 is 6.03 Å². The molecule has 2 unspecified atom stereocenters. The highest BCUT2D eigenvalue weighted by atomic mass is 16.5. The van der Waals surface area contributed by atoms with E-state index >= 15 is 0 Å². The average molecular weight is 342 g/mol. The highest BCUT2D eigenvalue weighted by Crippen LogP contribution is 2.18. The smallest absolute Gasteiger partial charge is 0.317 e. The topological polar surface area (TPSA) is 59.4 Å². The lowest BCUT2D eigenvalue weighted by atomic mass is 10.2. The third-order valence-corrected chi connectivity index (χ3v) is 4.57. The largest absolute Gasteiger partial charge is 0.372 e. The van der Waals surface area contributed by atoms with Crippen molar-refractivity contribution in [2.75, 3.05) is 13.1 Å². The number of aromatic nitrogens is 2. The molecule has 6 nitrogen and oxygen atoms in total. The van der Waals surface area contributed by atoms with Crippen LogP contribution in [0.1, 0.15) is 30.8 Å². The molecule has 2 aromatic rings. The number of carbonyl (C=O) groups excluding carboxylic acids is 1.